The van der Waals surface area contributed by atoms with Crippen molar-refractivity contribution in [2.75, 3.05) is 11.9 Å². The van der Waals surface area contributed by atoms with E-state index in [1.54, 1.807) is 6.07 Å². The van der Waals surface area contributed by atoms with E-state index >= 15 is 0 Å². The number of alkyl halides is 3. The molecule has 0 saturated heterocycles. The van der Waals surface area contributed by atoms with Crippen LogP contribution in [0.25, 0.3) is 0 Å². The molecule has 0 spiro atoms. The van der Waals surface area contributed by atoms with Gasteiger partial charge in [0.25, 0.3) is 0 Å². The number of para-hydroxylation sites is 1. The van der Waals surface area contributed by atoms with Crippen molar-refractivity contribution in [2.45, 2.75) is 26.4 Å². The second kappa shape index (κ2) is 5.23. The van der Waals surface area contributed by atoms with E-state index < -0.39 is 11.7 Å². The molecule has 0 unspecified atom stereocenters. The summed E-state index contributed by atoms with van der Waals surface area (Å²) in [5, 5.41) is 2.83. The fraction of sp³-hybridized carbons (Fsp3) is 0.500. The molecule has 16 heavy (non-hydrogen) atoms. The topological polar surface area (TPSA) is 12.0 Å². The van der Waals surface area contributed by atoms with Gasteiger partial charge in [-0.2, -0.15) is 13.2 Å². The van der Waals surface area contributed by atoms with Gasteiger partial charge in [0.05, 0.1) is 5.56 Å². The maximum atomic E-state index is 12.6. The molecule has 90 valence electrons. The molecule has 1 aromatic carbocycles. The molecule has 0 atom stereocenters. The molecule has 0 aliphatic carbocycles. The van der Waals surface area contributed by atoms with E-state index in [9.17, 15) is 13.2 Å². The van der Waals surface area contributed by atoms with Crippen molar-refractivity contribution < 1.29 is 13.2 Å². The fourth-order valence-electron chi connectivity index (χ4n) is 1.38. The molecular formula is C12H16F3N. The second-order valence-electron chi connectivity index (χ2n) is 4.15. The van der Waals surface area contributed by atoms with Crippen LogP contribution in [0.5, 0.6) is 0 Å². The largest absolute Gasteiger partial charge is 0.418 e. The van der Waals surface area contributed by atoms with E-state index in [0.29, 0.717) is 12.5 Å². The maximum absolute atomic E-state index is 12.6. The number of nitrogens with one attached hydrogen (secondary N) is 1. The molecule has 1 nitrogen and oxygen atoms in total. The number of hydrogen-bond donors (Lipinski definition) is 1. The first-order chi connectivity index (χ1) is 7.41. The molecule has 0 radical (unpaired) electrons. The van der Waals surface area contributed by atoms with Crippen molar-refractivity contribution in [3.63, 3.8) is 0 Å². The third kappa shape index (κ3) is 3.76. The van der Waals surface area contributed by atoms with Crippen molar-refractivity contribution in [3.05, 3.63) is 29.8 Å². The Hall–Kier alpha value is -1.19. The summed E-state index contributed by atoms with van der Waals surface area (Å²) < 4.78 is 37.8. The SMILES string of the molecule is CC(C)CCNc1ccccc1C(F)(F)F. The van der Waals surface area contributed by atoms with Gasteiger partial charge < -0.3 is 5.32 Å². The summed E-state index contributed by atoms with van der Waals surface area (Å²) in [4.78, 5) is 0. The number of halogens is 3. The van der Waals surface area contributed by atoms with E-state index in [4.69, 9.17) is 0 Å². The molecule has 0 amide bonds. The van der Waals surface area contributed by atoms with E-state index in [1.165, 1.54) is 12.1 Å². The van der Waals surface area contributed by atoms with Gasteiger partial charge in [0.1, 0.15) is 0 Å². The lowest BCUT2D eigenvalue weighted by atomic mass is 10.1. The molecule has 0 heterocycles. The average Bonchev–Trinajstić information content (AvgIpc) is 2.16. The Morgan fingerprint density at radius 3 is 2.38 bits per heavy atom. The Labute approximate surface area is 93.7 Å². The quantitative estimate of drug-likeness (QED) is 0.820. The van der Waals surface area contributed by atoms with Crippen molar-refractivity contribution in [3.8, 4) is 0 Å². The zero-order valence-corrected chi connectivity index (χ0v) is 9.43. The molecular weight excluding hydrogens is 215 g/mol. The number of hydrogen-bond acceptors (Lipinski definition) is 1. The molecule has 0 aliphatic heterocycles. The molecule has 0 aliphatic rings. The highest BCUT2D eigenvalue weighted by atomic mass is 19.4. The highest BCUT2D eigenvalue weighted by Gasteiger charge is 2.32. The maximum Gasteiger partial charge on any atom is 0.418 e. The molecule has 1 rings (SSSR count). The van der Waals surface area contributed by atoms with Gasteiger partial charge in [0.2, 0.25) is 0 Å². The van der Waals surface area contributed by atoms with Crippen LogP contribution in [0.15, 0.2) is 24.3 Å². The van der Waals surface area contributed by atoms with Crippen LogP contribution in [0, 0.1) is 5.92 Å². The van der Waals surface area contributed by atoms with Gasteiger partial charge in [0, 0.05) is 12.2 Å². The van der Waals surface area contributed by atoms with Gasteiger partial charge in [-0.15, -0.1) is 0 Å². The minimum atomic E-state index is -4.29. The Morgan fingerprint density at radius 2 is 1.81 bits per heavy atom. The molecule has 0 saturated carbocycles. The van der Waals surface area contributed by atoms with Crippen LogP contribution in [0.2, 0.25) is 0 Å². The summed E-state index contributed by atoms with van der Waals surface area (Å²) in [5.41, 5.74) is -0.436. The summed E-state index contributed by atoms with van der Waals surface area (Å²) in [6, 6.07) is 5.56. The van der Waals surface area contributed by atoms with E-state index in [0.717, 1.165) is 12.5 Å². The number of rotatable bonds is 4. The third-order valence-electron chi connectivity index (χ3n) is 2.27. The predicted molar refractivity (Wildman–Crippen MR) is 59.4 cm³/mol. The lowest BCUT2D eigenvalue weighted by Gasteiger charge is -2.14. The normalized spacial score (nSPS) is 11.9. The van der Waals surface area contributed by atoms with Gasteiger partial charge in [-0.25, -0.2) is 0 Å². The van der Waals surface area contributed by atoms with Crippen LogP contribution in [0.1, 0.15) is 25.8 Å². The second-order valence-corrected chi connectivity index (χ2v) is 4.15. The Kier molecular flexibility index (Phi) is 4.21. The van der Waals surface area contributed by atoms with Crippen LogP contribution >= 0.6 is 0 Å². The van der Waals surface area contributed by atoms with Gasteiger partial charge >= 0.3 is 6.18 Å². The predicted octanol–water partition coefficient (Wildman–Crippen LogP) is 4.16. The summed E-state index contributed by atoms with van der Waals surface area (Å²) in [6.45, 7) is 4.64. The first kappa shape index (κ1) is 12.9. The van der Waals surface area contributed by atoms with Crippen molar-refractivity contribution in [1.82, 2.24) is 0 Å². The van der Waals surface area contributed by atoms with E-state index in [2.05, 4.69) is 5.32 Å². The monoisotopic (exact) mass is 231 g/mol. The minimum Gasteiger partial charge on any atom is -0.385 e. The van der Waals surface area contributed by atoms with Crippen molar-refractivity contribution in [2.24, 2.45) is 5.92 Å². The highest BCUT2D eigenvalue weighted by Crippen LogP contribution is 2.34. The molecule has 0 fully saturated rings. The highest BCUT2D eigenvalue weighted by molar-refractivity contribution is 5.52. The Morgan fingerprint density at radius 1 is 1.19 bits per heavy atom. The van der Waals surface area contributed by atoms with Gasteiger partial charge in [-0.3, -0.25) is 0 Å². The molecule has 1 aromatic rings. The van der Waals surface area contributed by atoms with Crippen molar-refractivity contribution >= 4 is 5.69 Å². The summed E-state index contributed by atoms with van der Waals surface area (Å²) >= 11 is 0. The summed E-state index contributed by atoms with van der Waals surface area (Å²) in [5.74, 6) is 0.477. The van der Waals surface area contributed by atoms with E-state index in [1.807, 2.05) is 13.8 Å². The van der Waals surface area contributed by atoms with Gasteiger partial charge in [0.15, 0.2) is 0 Å². The molecule has 0 bridgehead atoms. The Bertz CT molecular complexity index is 331. The molecule has 0 aromatic heterocycles. The Balaban J connectivity index is 2.72. The van der Waals surface area contributed by atoms with Crippen LogP contribution in [0.3, 0.4) is 0 Å². The first-order valence-corrected chi connectivity index (χ1v) is 5.31. The van der Waals surface area contributed by atoms with Crippen LogP contribution in [-0.2, 0) is 6.18 Å². The van der Waals surface area contributed by atoms with Crippen LogP contribution in [-0.4, -0.2) is 6.54 Å². The molecule has 1 N–H and O–H groups in total. The summed E-state index contributed by atoms with van der Waals surface area (Å²) in [6.07, 6.45) is -3.44. The zero-order chi connectivity index (χ0) is 12.2. The zero-order valence-electron chi connectivity index (χ0n) is 9.43. The van der Waals surface area contributed by atoms with Gasteiger partial charge in [-0.05, 0) is 24.5 Å². The van der Waals surface area contributed by atoms with Gasteiger partial charge in [-0.1, -0.05) is 26.0 Å². The number of anilines is 1. The smallest absolute Gasteiger partial charge is 0.385 e. The van der Waals surface area contributed by atoms with E-state index in [-0.39, 0.29) is 5.69 Å². The standard InChI is InChI=1S/C12H16F3N/c1-9(2)7-8-16-11-6-4-3-5-10(11)12(13,14)15/h3-6,9,16H,7-8H2,1-2H3. The summed E-state index contributed by atoms with van der Waals surface area (Å²) in [7, 11) is 0. The molecule has 4 heteroatoms. The van der Waals surface area contributed by atoms with Crippen molar-refractivity contribution in [1.29, 1.82) is 0 Å². The fourth-order valence-corrected chi connectivity index (χ4v) is 1.38. The lowest BCUT2D eigenvalue weighted by Crippen LogP contribution is -2.12. The lowest BCUT2D eigenvalue weighted by molar-refractivity contribution is -0.136. The minimum absolute atomic E-state index is 0.163. The van der Waals surface area contributed by atoms with Crippen LogP contribution in [0.4, 0.5) is 18.9 Å². The third-order valence-corrected chi connectivity index (χ3v) is 2.27. The number of benzene rings is 1. The average molecular weight is 231 g/mol. The first-order valence-electron chi connectivity index (χ1n) is 5.31. The van der Waals surface area contributed by atoms with Crippen LogP contribution < -0.4 is 5.32 Å².